The molecule has 18 heavy (non-hydrogen) atoms. The summed E-state index contributed by atoms with van der Waals surface area (Å²) in [5.41, 5.74) is -0.115. The molecule has 0 radical (unpaired) electrons. The van der Waals surface area contributed by atoms with Gasteiger partial charge in [0.25, 0.3) is 0 Å². The fourth-order valence-corrected chi connectivity index (χ4v) is 1.52. The van der Waals surface area contributed by atoms with Crippen molar-refractivity contribution >= 4 is 0 Å². The minimum absolute atomic E-state index is 0.115. The van der Waals surface area contributed by atoms with Crippen molar-refractivity contribution in [2.45, 2.75) is 38.8 Å². The Hall–Kier alpha value is -0.980. The highest BCUT2D eigenvalue weighted by Crippen LogP contribution is 2.18. The monoisotopic (exact) mass is 257 g/mol. The van der Waals surface area contributed by atoms with Gasteiger partial charge in [0.15, 0.2) is 5.82 Å². The van der Waals surface area contributed by atoms with E-state index in [1.807, 2.05) is 32.7 Å². The molecule has 0 aliphatic carbocycles. The Bertz CT molecular complexity index is 360. The number of nitrogens with zero attached hydrogens (tertiary/aromatic N) is 3. The van der Waals surface area contributed by atoms with Crippen LogP contribution in [0.3, 0.4) is 0 Å². The molecule has 1 aromatic rings. The van der Waals surface area contributed by atoms with E-state index in [9.17, 15) is 5.11 Å². The van der Waals surface area contributed by atoms with Crippen molar-refractivity contribution in [3.8, 4) is 0 Å². The van der Waals surface area contributed by atoms with Crippen LogP contribution in [0.4, 0.5) is 0 Å². The van der Waals surface area contributed by atoms with Gasteiger partial charge in [0.1, 0.15) is 0 Å². The molecule has 0 saturated carbocycles. The molecule has 0 aliphatic heterocycles. The van der Waals surface area contributed by atoms with Gasteiger partial charge >= 0.3 is 0 Å². The summed E-state index contributed by atoms with van der Waals surface area (Å²) in [6.07, 6.45) is -0.509. The molecule has 0 aliphatic rings. The van der Waals surface area contributed by atoms with Gasteiger partial charge in [0.2, 0.25) is 5.89 Å². The minimum atomic E-state index is -0.509. The zero-order valence-electron chi connectivity index (χ0n) is 11.8. The average Bonchev–Trinajstić information content (AvgIpc) is 2.65. The lowest BCUT2D eigenvalue weighted by Crippen LogP contribution is -2.31. The zero-order valence-corrected chi connectivity index (χ0v) is 11.8. The molecule has 0 fully saturated rings. The van der Waals surface area contributed by atoms with Gasteiger partial charge in [-0.1, -0.05) is 25.9 Å². The van der Waals surface area contributed by atoms with Crippen molar-refractivity contribution in [2.75, 3.05) is 27.3 Å². The van der Waals surface area contributed by atoms with Crippen LogP contribution in [-0.4, -0.2) is 53.6 Å². The van der Waals surface area contributed by atoms with Crippen molar-refractivity contribution in [3.05, 3.63) is 11.7 Å². The Kier molecular flexibility index (Phi) is 5.25. The van der Waals surface area contributed by atoms with E-state index in [0.29, 0.717) is 31.4 Å². The molecule has 0 spiro atoms. The molecule has 1 unspecified atom stereocenters. The normalized spacial score (nSPS) is 14.2. The Morgan fingerprint density at radius 3 is 2.61 bits per heavy atom. The molecule has 0 amide bonds. The maximum absolute atomic E-state index is 9.60. The highest BCUT2D eigenvalue weighted by molar-refractivity contribution is 4.99. The predicted molar refractivity (Wildman–Crippen MR) is 67.2 cm³/mol. The summed E-state index contributed by atoms with van der Waals surface area (Å²) in [5, 5.41) is 13.6. The number of aromatic nitrogens is 2. The third kappa shape index (κ3) is 4.72. The quantitative estimate of drug-likeness (QED) is 0.813. The summed E-state index contributed by atoms with van der Waals surface area (Å²) in [6.45, 7) is 7.45. The molecular formula is C12H23N3O3. The topological polar surface area (TPSA) is 71.6 Å². The lowest BCUT2D eigenvalue weighted by Gasteiger charge is -2.18. The van der Waals surface area contributed by atoms with Gasteiger partial charge in [-0.25, -0.2) is 0 Å². The van der Waals surface area contributed by atoms with Crippen LogP contribution in [0.25, 0.3) is 0 Å². The first-order chi connectivity index (χ1) is 8.32. The highest BCUT2D eigenvalue weighted by Gasteiger charge is 2.21. The molecule has 0 saturated heterocycles. The second-order valence-corrected chi connectivity index (χ2v) is 5.57. The summed E-state index contributed by atoms with van der Waals surface area (Å²) < 4.78 is 10.1. The van der Waals surface area contributed by atoms with Crippen LogP contribution in [-0.2, 0) is 16.7 Å². The molecule has 0 bridgehead atoms. The lowest BCUT2D eigenvalue weighted by molar-refractivity contribution is 0.0400. The smallest absolute Gasteiger partial charge is 0.240 e. The van der Waals surface area contributed by atoms with E-state index >= 15 is 0 Å². The number of hydrogen-bond donors (Lipinski definition) is 1. The summed E-state index contributed by atoms with van der Waals surface area (Å²) >= 11 is 0. The Labute approximate surface area is 108 Å². The molecule has 104 valence electrons. The van der Waals surface area contributed by atoms with Gasteiger partial charge in [0.05, 0.1) is 19.3 Å². The second-order valence-electron chi connectivity index (χ2n) is 5.57. The van der Waals surface area contributed by atoms with E-state index in [1.54, 1.807) is 7.11 Å². The fraction of sp³-hybridized carbons (Fsp3) is 0.833. The third-order valence-electron chi connectivity index (χ3n) is 2.43. The number of aliphatic hydroxyl groups is 1. The maximum atomic E-state index is 9.60. The van der Waals surface area contributed by atoms with Crippen molar-refractivity contribution in [1.29, 1.82) is 0 Å². The molecule has 1 N–H and O–H groups in total. The Morgan fingerprint density at radius 2 is 2.11 bits per heavy atom. The summed E-state index contributed by atoms with van der Waals surface area (Å²) in [5.74, 6) is 1.26. The molecule has 1 rings (SSSR count). The van der Waals surface area contributed by atoms with Crippen LogP contribution in [0.5, 0.6) is 0 Å². The van der Waals surface area contributed by atoms with Crippen LogP contribution in [0.15, 0.2) is 4.52 Å². The van der Waals surface area contributed by atoms with Gasteiger partial charge in [-0.3, -0.25) is 4.90 Å². The largest absolute Gasteiger partial charge is 0.389 e. The van der Waals surface area contributed by atoms with Crippen LogP contribution in [0.2, 0.25) is 0 Å². The van der Waals surface area contributed by atoms with Crippen molar-refractivity contribution in [2.24, 2.45) is 0 Å². The van der Waals surface area contributed by atoms with Gasteiger partial charge in [-0.15, -0.1) is 0 Å². The molecule has 0 aromatic carbocycles. The number of rotatable bonds is 6. The van der Waals surface area contributed by atoms with Crippen LogP contribution < -0.4 is 0 Å². The zero-order chi connectivity index (χ0) is 13.8. The molecule has 1 aromatic heterocycles. The van der Waals surface area contributed by atoms with E-state index in [4.69, 9.17) is 9.26 Å². The van der Waals surface area contributed by atoms with Crippen molar-refractivity contribution in [3.63, 3.8) is 0 Å². The molecular weight excluding hydrogens is 234 g/mol. The first-order valence-electron chi connectivity index (χ1n) is 6.01. The van der Waals surface area contributed by atoms with E-state index in [0.717, 1.165) is 0 Å². The number of aliphatic hydroxyl groups excluding tert-OH is 1. The van der Waals surface area contributed by atoms with Crippen LogP contribution in [0.1, 0.15) is 32.5 Å². The van der Waals surface area contributed by atoms with Gasteiger partial charge in [-0.05, 0) is 7.05 Å². The Morgan fingerprint density at radius 1 is 1.44 bits per heavy atom. The number of likely N-dealkylation sites (N-methyl/N-ethyl adjacent to an activating group) is 1. The van der Waals surface area contributed by atoms with Gasteiger partial charge in [-0.2, -0.15) is 4.98 Å². The lowest BCUT2D eigenvalue weighted by atomic mass is 9.96. The van der Waals surface area contributed by atoms with Crippen molar-refractivity contribution in [1.82, 2.24) is 15.0 Å². The van der Waals surface area contributed by atoms with Crippen LogP contribution in [0, 0.1) is 0 Å². The molecule has 1 atom stereocenters. The van der Waals surface area contributed by atoms with Gasteiger partial charge < -0.3 is 14.4 Å². The van der Waals surface area contributed by atoms with E-state index < -0.39 is 6.10 Å². The minimum Gasteiger partial charge on any atom is -0.389 e. The average molecular weight is 257 g/mol. The first-order valence-corrected chi connectivity index (χ1v) is 6.01. The van der Waals surface area contributed by atoms with E-state index in [-0.39, 0.29) is 5.41 Å². The third-order valence-corrected chi connectivity index (χ3v) is 2.43. The number of ether oxygens (including phenoxy) is 1. The summed E-state index contributed by atoms with van der Waals surface area (Å²) in [4.78, 5) is 6.26. The SMILES string of the molecule is COCC(O)CN(C)Cc1nc(C(C)(C)C)no1. The standard InChI is InChI=1S/C12H23N3O3/c1-12(2,3)11-13-10(18-14-11)7-15(4)6-9(16)8-17-5/h9,16H,6-8H2,1-5H3. The second kappa shape index (κ2) is 6.26. The van der Waals surface area contributed by atoms with Crippen LogP contribution >= 0.6 is 0 Å². The highest BCUT2D eigenvalue weighted by atomic mass is 16.5. The fourth-order valence-electron chi connectivity index (χ4n) is 1.52. The number of hydrogen-bond acceptors (Lipinski definition) is 6. The maximum Gasteiger partial charge on any atom is 0.240 e. The summed E-state index contributed by atoms with van der Waals surface area (Å²) in [7, 11) is 3.46. The Balaban J connectivity index is 2.49. The molecule has 6 heteroatoms. The first kappa shape index (κ1) is 15.1. The van der Waals surface area contributed by atoms with E-state index in [1.165, 1.54) is 0 Å². The molecule has 6 nitrogen and oxygen atoms in total. The number of methoxy groups -OCH3 is 1. The van der Waals surface area contributed by atoms with E-state index in [2.05, 4.69) is 10.1 Å². The summed E-state index contributed by atoms with van der Waals surface area (Å²) in [6, 6.07) is 0. The predicted octanol–water partition coefficient (Wildman–Crippen LogP) is 0.806. The van der Waals surface area contributed by atoms with Gasteiger partial charge in [0, 0.05) is 19.1 Å². The van der Waals surface area contributed by atoms with Crippen molar-refractivity contribution < 1.29 is 14.4 Å². The molecule has 1 heterocycles.